The molecule has 200 valence electrons. The average molecular weight is 517 g/mol. The Bertz CT molecular complexity index is 1360. The number of anilines is 1. The molecule has 3 aliphatic heterocycles. The number of likely N-dealkylation sites (tertiary alicyclic amines) is 1. The summed E-state index contributed by atoms with van der Waals surface area (Å²) >= 11 is 0. The number of nitrogen functional groups attached to an aromatic ring is 1. The van der Waals surface area contributed by atoms with Crippen LogP contribution in [0.15, 0.2) is 36.8 Å². The van der Waals surface area contributed by atoms with Crippen molar-refractivity contribution in [2.24, 2.45) is 11.7 Å². The number of amides is 1. The lowest BCUT2D eigenvalue weighted by atomic mass is 9.79. The van der Waals surface area contributed by atoms with E-state index in [2.05, 4.69) is 37.8 Å². The molecule has 0 unspecified atom stereocenters. The Morgan fingerprint density at radius 2 is 2.03 bits per heavy atom. The number of benzene rings is 1. The molecule has 1 amide bonds. The van der Waals surface area contributed by atoms with Crippen molar-refractivity contribution in [3.8, 4) is 16.9 Å². The van der Waals surface area contributed by atoms with Crippen LogP contribution in [0.2, 0.25) is 0 Å². The van der Waals surface area contributed by atoms with Gasteiger partial charge in [-0.3, -0.25) is 9.69 Å². The SMILES string of the molecule is NC(=O)[C@@H]1CCCN1C[C@H]1C[C@@H](n2cc(-c3cccc(OCC45CCC(CC4)O5)c3)c3c(N)ncnc32)C1. The quantitative estimate of drug-likeness (QED) is 0.468. The lowest BCUT2D eigenvalue weighted by Crippen LogP contribution is -2.44. The number of nitrogens with zero attached hydrogens (tertiary/aromatic N) is 4. The van der Waals surface area contributed by atoms with Crippen molar-refractivity contribution < 1.29 is 14.3 Å². The number of nitrogens with two attached hydrogens (primary N) is 2. The predicted octanol–water partition coefficient (Wildman–Crippen LogP) is 3.67. The summed E-state index contributed by atoms with van der Waals surface area (Å²) in [6, 6.07) is 8.45. The molecular formula is C29H36N6O3. The zero-order valence-electron chi connectivity index (χ0n) is 21.7. The number of fused-ring (bicyclic) bond motifs is 3. The van der Waals surface area contributed by atoms with Gasteiger partial charge in [-0.2, -0.15) is 0 Å². The van der Waals surface area contributed by atoms with Crippen molar-refractivity contribution in [3.63, 3.8) is 0 Å². The van der Waals surface area contributed by atoms with Crippen LogP contribution in [0.25, 0.3) is 22.2 Å². The fourth-order valence-corrected chi connectivity index (χ4v) is 7.23. The molecule has 1 atom stereocenters. The normalized spacial score (nSPS) is 30.6. The topological polar surface area (TPSA) is 122 Å². The second kappa shape index (κ2) is 9.24. The third-order valence-corrected chi connectivity index (χ3v) is 9.34. The van der Waals surface area contributed by atoms with Gasteiger partial charge in [0, 0.05) is 24.3 Å². The Labute approximate surface area is 222 Å². The maximum atomic E-state index is 11.8. The number of hydrogen-bond acceptors (Lipinski definition) is 7. The highest BCUT2D eigenvalue weighted by atomic mass is 16.6. The van der Waals surface area contributed by atoms with Crippen molar-refractivity contribution in [3.05, 3.63) is 36.8 Å². The standard InChI is InChI=1S/C29H36N6O3/c30-26-25-23(19-3-1-4-22(13-19)37-16-29-8-6-21(38-29)7-9-29)15-35(28(25)33-17-32-26)20-11-18(12-20)14-34-10-2-5-24(34)27(31)36/h1,3-4,13,15,17-18,20-21,24H,2,5-12,14,16H2,(H2,31,36)(H2,30,32,33)/t18-,20+,21?,24-,29?/m0/s1. The van der Waals surface area contributed by atoms with Crippen LogP contribution in [-0.2, 0) is 9.53 Å². The number of rotatable bonds is 8. The highest BCUT2D eigenvalue weighted by molar-refractivity contribution is 6.00. The molecule has 9 nitrogen and oxygen atoms in total. The van der Waals surface area contributed by atoms with Gasteiger partial charge in [0.2, 0.25) is 5.91 Å². The number of aromatic nitrogens is 3. The van der Waals surface area contributed by atoms with Gasteiger partial charge in [-0.05, 0) is 81.5 Å². The molecule has 1 aromatic carbocycles. The third kappa shape index (κ3) is 4.12. The van der Waals surface area contributed by atoms with E-state index in [1.165, 1.54) is 0 Å². The van der Waals surface area contributed by atoms with Crippen LogP contribution in [0.5, 0.6) is 5.75 Å². The highest BCUT2D eigenvalue weighted by Gasteiger charge is 2.46. The van der Waals surface area contributed by atoms with Crippen LogP contribution >= 0.6 is 0 Å². The van der Waals surface area contributed by atoms with E-state index in [1.54, 1.807) is 6.33 Å². The van der Waals surface area contributed by atoms with E-state index in [0.717, 1.165) is 92.4 Å². The summed E-state index contributed by atoms with van der Waals surface area (Å²) in [6.07, 6.45) is 12.6. The molecule has 2 bridgehead atoms. The first kappa shape index (κ1) is 23.9. The highest BCUT2D eigenvalue weighted by Crippen LogP contribution is 2.45. The van der Waals surface area contributed by atoms with Gasteiger partial charge in [0.1, 0.15) is 35.7 Å². The van der Waals surface area contributed by atoms with Crippen molar-refractivity contribution in [2.75, 3.05) is 25.4 Å². The third-order valence-electron chi connectivity index (χ3n) is 9.34. The molecule has 4 aliphatic rings. The van der Waals surface area contributed by atoms with E-state index in [4.69, 9.17) is 20.9 Å². The van der Waals surface area contributed by atoms with Crippen molar-refractivity contribution in [1.29, 1.82) is 0 Å². The van der Waals surface area contributed by atoms with Crippen molar-refractivity contribution in [2.45, 2.75) is 75.2 Å². The van der Waals surface area contributed by atoms with E-state index in [-0.39, 0.29) is 17.6 Å². The summed E-state index contributed by atoms with van der Waals surface area (Å²) in [7, 11) is 0. The van der Waals surface area contributed by atoms with Crippen LogP contribution in [0.3, 0.4) is 0 Å². The second-order valence-corrected chi connectivity index (χ2v) is 11.8. The lowest BCUT2D eigenvalue weighted by Gasteiger charge is -2.39. The second-order valence-electron chi connectivity index (χ2n) is 11.8. The number of ether oxygens (including phenoxy) is 2. The van der Waals surface area contributed by atoms with E-state index < -0.39 is 0 Å². The minimum Gasteiger partial charge on any atom is -0.491 e. The van der Waals surface area contributed by atoms with Crippen LogP contribution in [0, 0.1) is 5.92 Å². The maximum absolute atomic E-state index is 11.8. The summed E-state index contributed by atoms with van der Waals surface area (Å²) in [5.41, 5.74) is 14.9. The Morgan fingerprint density at radius 3 is 2.79 bits per heavy atom. The molecule has 1 aliphatic carbocycles. The van der Waals surface area contributed by atoms with Crippen molar-refractivity contribution >= 4 is 22.8 Å². The Balaban J connectivity index is 1.10. The molecule has 3 saturated heterocycles. The van der Waals surface area contributed by atoms with E-state index in [1.807, 2.05) is 12.1 Å². The maximum Gasteiger partial charge on any atom is 0.234 e. The summed E-state index contributed by atoms with van der Waals surface area (Å²) in [6.45, 7) is 2.48. The minimum absolute atomic E-state index is 0.106. The molecule has 0 radical (unpaired) electrons. The number of carbonyl (C=O) groups is 1. The Hall–Kier alpha value is -3.17. The first-order valence-corrected chi connectivity index (χ1v) is 14.0. The summed E-state index contributed by atoms with van der Waals surface area (Å²) in [5.74, 6) is 1.68. The van der Waals surface area contributed by atoms with Crippen LogP contribution < -0.4 is 16.2 Å². The van der Waals surface area contributed by atoms with Gasteiger partial charge < -0.3 is 25.5 Å². The molecule has 7 rings (SSSR count). The van der Waals surface area contributed by atoms with Gasteiger partial charge in [0.15, 0.2) is 0 Å². The molecule has 4 N–H and O–H groups in total. The summed E-state index contributed by atoms with van der Waals surface area (Å²) < 4.78 is 14.7. The Kier molecular flexibility index (Phi) is 5.81. The molecule has 0 spiro atoms. The van der Waals surface area contributed by atoms with Crippen LogP contribution in [-0.4, -0.2) is 62.8 Å². The van der Waals surface area contributed by atoms with Crippen molar-refractivity contribution in [1.82, 2.24) is 19.4 Å². The molecule has 4 fully saturated rings. The first-order chi connectivity index (χ1) is 18.5. The molecule has 9 heteroatoms. The van der Waals surface area contributed by atoms with Crippen LogP contribution in [0.1, 0.15) is 57.4 Å². The molecule has 38 heavy (non-hydrogen) atoms. The number of carbonyl (C=O) groups excluding carboxylic acids is 1. The fraction of sp³-hybridized carbons (Fsp3) is 0.552. The molecule has 3 aromatic rings. The van der Waals surface area contributed by atoms with Gasteiger partial charge in [-0.15, -0.1) is 0 Å². The van der Waals surface area contributed by atoms with E-state index in [9.17, 15) is 4.79 Å². The zero-order valence-corrected chi connectivity index (χ0v) is 21.7. The van der Waals surface area contributed by atoms with Gasteiger partial charge in [0.25, 0.3) is 0 Å². The summed E-state index contributed by atoms with van der Waals surface area (Å²) in [4.78, 5) is 23.0. The molecular weight excluding hydrogens is 480 g/mol. The fourth-order valence-electron chi connectivity index (χ4n) is 7.23. The first-order valence-electron chi connectivity index (χ1n) is 14.0. The smallest absolute Gasteiger partial charge is 0.234 e. The average Bonchev–Trinajstić information content (AvgIpc) is 3.68. The van der Waals surface area contributed by atoms with Gasteiger partial charge in [-0.25, -0.2) is 9.97 Å². The zero-order chi connectivity index (χ0) is 25.9. The largest absolute Gasteiger partial charge is 0.491 e. The Morgan fingerprint density at radius 1 is 1.18 bits per heavy atom. The van der Waals surface area contributed by atoms with Gasteiger partial charge in [-0.1, -0.05) is 12.1 Å². The predicted molar refractivity (Wildman–Crippen MR) is 144 cm³/mol. The monoisotopic (exact) mass is 516 g/mol. The number of hydrogen-bond donors (Lipinski definition) is 2. The minimum atomic E-state index is -0.194. The van der Waals surface area contributed by atoms with E-state index >= 15 is 0 Å². The molecule has 1 saturated carbocycles. The lowest BCUT2D eigenvalue weighted by molar-refractivity contribution is -0.122. The van der Waals surface area contributed by atoms with Gasteiger partial charge >= 0.3 is 0 Å². The molecule has 2 aromatic heterocycles. The summed E-state index contributed by atoms with van der Waals surface area (Å²) in [5, 5.41) is 0.887. The van der Waals surface area contributed by atoms with Crippen LogP contribution in [0.4, 0.5) is 5.82 Å². The molecule has 5 heterocycles. The number of primary amides is 1. The van der Waals surface area contributed by atoms with E-state index in [0.29, 0.717) is 30.5 Å². The van der Waals surface area contributed by atoms with Gasteiger partial charge in [0.05, 0.1) is 17.5 Å².